The molecule has 14 rings (SSSR count). The molecule has 1 aromatic heterocycles. The van der Waals surface area contributed by atoms with Crippen molar-refractivity contribution in [3.05, 3.63) is 255 Å². The lowest BCUT2D eigenvalue weighted by Crippen LogP contribution is -2.07. The van der Waals surface area contributed by atoms with Crippen LogP contribution in [0, 0.1) is 62.3 Å². The van der Waals surface area contributed by atoms with Gasteiger partial charge in [0.05, 0.1) is 0 Å². The van der Waals surface area contributed by atoms with Gasteiger partial charge in [-0.3, -0.25) is 0 Å². The highest BCUT2D eigenvalue weighted by Crippen LogP contribution is 2.50. The summed E-state index contributed by atoms with van der Waals surface area (Å²) in [5.74, 6) is 1.97. The molecule has 0 amide bonds. The number of fused-ring (bicyclic) bond motifs is 6. The summed E-state index contributed by atoms with van der Waals surface area (Å²) in [6.45, 7) is 20.1. The average molecular weight is 1120 g/mol. The largest absolute Gasteiger partial charge is 0.208 e. The van der Waals surface area contributed by atoms with Crippen molar-refractivity contribution >= 4 is 80.6 Å². The highest BCUT2D eigenvalue weighted by atomic mass is 79.9. The molecule has 3 nitrogen and oxygen atoms in total. The van der Waals surface area contributed by atoms with Crippen LogP contribution >= 0.6 is 15.9 Å². The lowest BCUT2D eigenvalue weighted by atomic mass is 9.81. The zero-order valence-electron chi connectivity index (χ0n) is 47.8. The lowest BCUT2D eigenvalue weighted by Gasteiger charge is -2.24. The number of nitrogens with zero attached hydrogens (tertiary/aromatic N) is 3. The van der Waals surface area contributed by atoms with Crippen molar-refractivity contribution in [1.82, 2.24) is 15.0 Å². The van der Waals surface area contributed by atoms with Crippen molar-refractivity contribution in [3.8, 4) is 78.7 Å². The van der Waals surface area contributed by atoms with Crippen LogP contribution in [0.5, 0.6) is 0 Å². The third-order valence-corrected chi connectivity index (χ3v) is 18.8. The highest BCUT2D eigenvalue weighted by molar-refractivity contribution is 9.10. The van der Waals surface area contributed by atoms with Gasteiger partial charge in [0.2, 0.25) is 0 Å². The first-order valence-electron chi connectivity index (χ1n) is 28.5. The standard InChI is InChI=1S/C78H60BrN3/c1-43-38-45(3)68(49(7)66(43)73-62-30-18-14-26-58(62)71(59-27-15-19-31-63(59)73)56-36-34-52-22-10-12-24-54(52)41-56)76-80-77(82-78(81-76)70-47(5)40-48(6)75(79)51(70)9)69-46(4)39-44(2)67(50(69)8)74-64-32-20-16-28-60(64)72(61-29-17-21-33-65(61)74)57-37-35-53-23-11-13-25-55(53)42-57/h10-42H,1-9H3. The molecule has 0 bridgehead atoms. The van der Waals surface area contributed by atoms with E-state index in [0.29, 0.717) is 17.5 Å². The summed E-state index contributed by atoms with van der Waals surface area (Å²) in [5, 5.41) is 14.6. The Balaban J connectivity index is 1.03. The van der Waals surface area contributed by atoms with Crippen molar-refractivity contribution in [1.29, 1.82) is 0 Å². The van der Waals surface area contributed by atoms with Crippen molar-refractivity contribution in [2.45, 2.75) is 62.3 Å². The number of rotatable bonds is 7. The molecule has 0 saturated carbocycles. The third-order valence-electron chi connectivity index (χ3n) is 17.6. The highest BCUT2D eigenvalue weighted by Gasteiger charge is 2.28. The van der Waals surface area contributed by atoms with Crippen LogP contribution in [0.15, 0.2) is 205 Å². The molecule has 0 saturated heterocycles. The Morgan fingerprint density at radius 3 is 0.841 bits per heavy atom. The summed E-state index contributed by atoms with van der Waals surface area (Å²) in [5.41, 5.74) is 23.1. The van der Waals surface area contributed by atoms with E-state index in [1.165, 1.54) is 126 Å². The minimum Gasteiger partial charge on any atom is -0.208 e. The third kappa shape index (κ3) is 8.10. The van der Waals surface area contributed by atoms with Crippen LogP contribution in [-0.4, -0.2) is 15.0 Å². The number of aromatic nitrogens is 3. The van der Waals surface area contributed by atoms with Crippen LogP contribution in [0.2, 0.25) is 0 Å². The van der Waals surface area contributed by atoms with Gasteiger partial charge < -0.3 is 0 Å². The molecule has 14 aromatic rings. The fourth-order valence-corrected chi connectivity index (χ4v) is 14.5. The van der Waals surface area contributed by atoms with Gasteiger partial charge in [-0.1, -0.05) is 204 Å². The average Bonchev–Trinajstić information content (AvgIpc) is 1.42. The Labute approximate surface area is 488 Å². The maximum Gasteiger partial charge on any atom is 0.164 e. The SMILES string of the molecule is Cc1cc(C)c(-c2nc(-c3c(C)cc(C)c(-c4c5ccccc5c(-c5ccc6ccccc6c5)c5ccccc45)c3C)nc(-c3c(C)cc(C)c(-c4c5ccccc5c(-c5ccc6ccccc6c5)c5ccccc45)c3C)n2)c(C)c1Br. The van der Waals surface area contributed by atoms with Crippen molar-refractivity contribution in [2.75, 3.05) is 0 Å². The molecular weight excluding hydrogens is 1060 g/mol. The second-order valence-electron chi connectivity index (χ2n) is 22.7. The van der Waals surface area contributed by atoms with E-state index in [9.17, 15) is 0 Å². The molecule has 0 fully saturated rings. The van der Waals surface area contributed by atoms with E-state index < -0.39 is 0 Å². The zero-order chi connectivity index (χ0) is 56.2. The lowest BCUT2D eigenvalue weighted by molar-refractivity contribution is 1.05. The van der Waals surface area contributed by atoms with E-state index in [1.54, 1.807) is 0 Å². The van der Waals surface area contributed by atoms with Crippen molar-refractivity contribution < 1.29 is 0 Å². The molecule has 1 heterocycles. The summed E-state index contributed by atoms with van der Waals surface area (Å²) < 4.78 is 1.06. The molecule has 4 heteroatoms. The Kier molecular flexibility index (Phi) is 12.4. The van der Waals surface area contributed by atoms with Gasteiger partial charge in [0.1, 0.15) is 0 Å². The number of benzene rings is 13. The normalized spacial score (nSPS) is 11.8. The molecule has 0 aliphatic carbocycles. The Hall–Kier alpha value is -9.09. The molecule has 0 N–H and O–H groups in total. The molecular formula is C78H60BrN3. The van der Waals surface area contributed by atoms with E-state index >= 15 is 0 Å². The fraction of sp³-hybridized carbons (Fsp3) is 0.115. The van der Waals surface area contributed by atoms with Gasteiger partial charge in [0.15, 0.2) is 17.5 Å². The Morgan fingerprint density at radius 2 is 0.500 bits per heavy atom. The van der Waals surface area contributed by atoms with E-state index in [0.717, 1.165) is 54.5 Å². The molecule has 0 radical (unpaired) electrons. The Bertz CT molecular complexity index is 4650. The first kappa shape index (κ1) is 51.1. The van der Waals surface area contributed by atoms with Crippen molar-refractivity contribution in [2.24, 2.45) is 0 Å². The van der Waals surface area contributed by atoms with Crippen LogP contribution in [0.3, 0.4) is 0 Å². The predicted octanol–water partition coefficient (Wildman–Crippen LogP) is 22.0. The molecule has 0 aliphatic rings. The zero-order valence-corrected chi connectivity index (χ0v) is 49.4. The monoisotopic (exact) mass is 1120 g/mol. The van der Waals surface area contributed by atoms with E-state index in [-0.39, 0.29) is 0 Å². The number of hydrogen-bond acceptors (Lipinski definition) is 3. The van der Waals surface area contributed by atoms with Crippen LogP contribution in [0.1, 0.15) is 50.1 Å². The smallest absolute Gasteiger partial charge is 0.164 e. The number of aryl methyl sites for hydroxylation is 6. The van der Waals surface area contributed by atoms with Gasteiger partial charge in [-0.15, -0.1) is 0 Å². The van der Waals surface area contributed by atoms with Crippen LogP contribution in [0.25, 0.3) is 143 Å². The van der Waals surface area contributed by atoms with E-state index in [1.807, 2.05) is 0 Å². The Morgan fingerprint density at radius 1 is 0.232 bits per heavy atom. The molecule has 0 atom stereocenters. The minimum atomic E-state index is 0.656. The summed E-state index contributed by atoms with van der Waals surface area (Å²) in [4.78, 5) is 17.0. The molecule has 82 heavy (non-hydrogen) atoms. The van der Waals surface area contributed by atoms with Gasteiger partial charge in [-0.25, -0.2) is 15.0 Å². The summed E-state index contributed by atoms with van der Waals surface area (Å²) in [6.07, 6.45) is 0. The summed E-state index contributed by atoms with van der Waals surface area (Å²) in [7, 11) is 0. The maximum absolute atomic E-state index is 5.74. The van der Waals surface area contributed by atoms with Crippen molar-refractivity contribution in [3.63, 3.8) is 0 Å². The van der Waals surface area contributed by atoms with Crippen LogP contribution < -0.4 is 0 Å². The minimum absolute atomic E-state index is 0.656. The predicted molar refractivity (Wildman–Crippen MR) is 353 cm³/mol. The molecule has 0 spiro atoms. The van der Waals surface area contributed by atoms with Crippen LogP contribution in [-0.2, 0) is 0 Å². The quantitative estimate of drug-likeness (QED) is 0.149. The number of hydrogen-bond donors (Lipinski definition) is 0. The molecule has 394 valence electrons. The van der Waals surface area contributed by atoms with Crippen LogP contribution in [0.4, 0.5) is 0 Å². The van der Waals surface area contributed by atoms with Gasteiger partial charge in [-0.2, -0.15) is 0 Å². The molecule has 13 aromatic carbocycles. The number of halogens is 1. The van der Waals surface area contributed by atoms with E-state index in [2.05, 4.69) is 278 Å². The summed E-state index contributed by atoms with van der Waals surface area (Å²) in [6, 6.07) is 73.9. The van der Waals surface area contributed by atoms with Gasteiger partial charge >= 0.3 is 0 Å². The van der Waals surface area contributed by atoms with Gasteiger partial charge in [-0.05, 0) is 234 Å². The maximum atomic E-state index is 5.74. The molecule has 0 unspecified atom stereocenters. The van der Waals surface area contributed by atoms with E-state index in [4.69, 9.17) is 15.0 Å². The first-order valence-corrected chi connectivity index (χ1v) is 29.2. The van der Waals surface area contributed by atoms with Gasteiger partial charge in [0.25, 0.3) is 0 Å². The fourth-order valence-electron chi connectivity index (χ4n) is 14.2. The van der Waals surface area contributed by atoms with Gasteiger partial charge in [0, 0.05) is 21.2 Å². The topological polar surface area (TPSA) is 38.7 Å². The second kappa shape index (κ2) is 19.9. The molecule has 0 aliphatic heterocycles. The second-order valence-corrected chi connectivity index (χ2v) is 23.5. The summed E-state index contributed by atoms with van der Waals surface area (Å²) >= 11 is 3.99. The first-order chi connectivity index (χ1) is 39.8.